The zero-order chi connectivity index (χ0) is 15.2. The Labute approximate surface area is 124 Å². The van der Waals surface area contributed by atoms with E-state index in [9.17, 15) is 9.90 Å². The first-order chi connectivity index (χ1) is 10.1. The number of hydrogen-bond acceptors (Lipinski definition) is 3. The van der Waals surface area contributed by atoms with E-state index >= 15 is 0 Å². The summed E-state index contributed by atoms with van der Waals surface area (Å²) >= 11 is 0. The van der Waals surface area contributed by atoms with Crippen LogP contribution < -0.4 is 5.32 Å². The van der Waals surface area contributed by atoms with Crippen LogP contribution in [-0.2, 0) is 11.2 Å². The Balaban J connectivity index is 1.77. The molecule has 0 unspecified atom stereocenters. The molecule has 5 nitrogen and oxygen atoms in total. The fourth-order valence-electron chi connectivity index (χ4n) is 2.30. The molecule has 2 aromatic rings. The first kappa shape index (κ1) is 15.3. The van der Waals surface area contributed by atoms with Gasteiger partial charge in [-0.1, -0.05) is 30.3 Å². The summed E-state index contributed by atoms with van der Waals surface area (Å²) in [6.45, 7) is 4.50. The van der Waals surface area contributed by atoms with E-state index in [1.54, 1.807) is 24.3 Å². The summed E-state index contributed by atoms with van der Waals surface area (Å²) in [6, 6.07) is 8.93. The van der Waals surface area contributed by atoms with Crippen LogP contribution in [0, 0.1) is 13.8 Å². The maximum atomic E-state index is 11.9. The molecule has 0 aliphatic rings. The summed E-state index contributed by atoms with van der Waals surface area (Å²) in [6.07, 6.45) is 0.563. The molecule has 1 heterocycles. The molecule has 0 aliphatic heterocycles. The molecule has 1 atom stereocenters. The Hall–Kier alpha value is -2.14. The van der Waals surface area contributed by atoms with Crippen molar-refractivity contribution < 1.29 is 9.90 Å². The van der Waals surface area contributed by atoms with Crippen LogP contribution in [0.1, 0.15) is 35.0 Å². The van der Waals surface area contributed by atoms with Crippen molar-refractivity contribution >= 4 is 5.91 Å². The van der Waals surface area contributed by atoms with Crippen LogP contribution in [0.5, 0.6) is 0 Å². The number of aliphatic hydroxyl groups is 1. The van der Waals surface area contributed by atoms with Crippen molar-refractivity contribution in [3.8, 4) is 0 Å². The third kappa shape index (κ3) is 3.92. The number of nitrogens with one attached hydrogen (secondary N) is 2. The predicted molar refractivity (Wildman–Crippen MR) is 80.8 cm³/mol. The van der Waals surface area contributed by atoms with Crippen molar-refractivity contribution in [2.24, 2.45) is 0 Å². The average Bonchev–Trinajstić information content (AvgIpc) is 2.82. The van der Waals surface area contributed by atoms with Crippen LogP contribution in [0.15, 0.2) is 30.3 Å². The van der Waals surface area contributed by atoms with Gasteiger partial charge in [0.2, 0.25) is 0 Å². The molecule has 1 amide bonds. The maximum absolute atomic E-state index is 11.9. The summed E-state index contributed by atoms with van der Waals surface area (Å²) in [5.41, 5.74) is 3.88. The monoisotopic (exact) mass is 287 g/mol. The van der Waals surface area contributed by atoms with Gasteiger partial charge in [-0.05, 0) is 37.8 Å². The molecule has 0 saturated carbocycles. The maximum Gasteiger partial charge on any atom is 0.253 e. The minimum absolute atomic E-state index is 0.359. The van der Waals surface area contributed by atoms with Gasteiger partial charge in [0, 0.05) is 12.2 Å². The normalized spacial score (nSPS) is 12.1. The standard InChI is InChI=1S/C16H21N3O2/c1-11-14(12(2)19-18-11)9-6-10-17-16(21)15(20)13-7-4-3-5-8-13/h3-5,7-8,15,20H,6,9-10H2,1-2H3,(H,17,21)(H,18,19)/t15-/m1/s1. The third-order valence-corrected chi connectivity index (χ3v) is 3.55. The molecule has 0 aliphatic carbocycles. The van der Waals surface area contributed by atoms with Crippen LogP contribution in [0.4, 0.5) is 0 Å². The van der Waals surface area contributed by atoms with Gasteiger partial charge in [-0.25, -0.2) is 0 Å². The van der Waals surface area contributed by atoms with Gasteiger partial charge in [0.15, 0.2) is 6.10 Å². The van der Waals surface area contributed by atoms with Crippen molar-refractivity contribution in [3.63, 3.8) is 0 Å². The fraction of sp³-hybridized carbons (Fsp3) is 0.375. The quantitative estimate of drug-likeness (QED) is 0.709. The molecular weight excluding hydrogens is 266 g/mol. The number of carbonyl (C=O) groups excluding carboxylic acids is 1. The van der Waals surface area contributed by atoms with Crippen LogP contribution in [0.2, 0.25) is 0 Å². The molecule has 5 heteroatoms. The lowest BCUT2D eigenvalue weighted by molar-refractivity contribution is -0.129. The Bertz CT molecular complexity index is 573. The molecule has 0 spiro atoms. The van der Waals surface area contributed by atoms with E-state index in [4.69, 9.17) is 0 Å². The van der Waals surface area contributed by atoms with Gasteiger partial charge in [0.25, 0.3) is 5.91 Å². The number of amides is 1. The van der Waals surface area contributed by atoms with E-state index in [0.717, 1.165) is 24.2 Å². The van der Waals surface area contributed by atoms with E-state index in [0.29, 0.717) is 12.1 Å². The van der Waals surface area contributed by atoms with Crippen molar-refractivity contribution in [2.75, 3.05) is 6.54 Å². The largest absolute Gasteiger partial charge is 0.378 e. The number of carbonyl (C=O) groups is 1. The lowest BCUT2D eigenvalue weighted by atomic mass is 10.1. The van der Waals surface area contributed by atoms with Gasteiger partial charge in [-0.2, -0.15) is 5.10 Å². The molecular formula is C16H21N3O2. The van der Waals surface area contributed by atoms with Crippen molar-refractivity contribution in [3.05, 3.63) is 52.8 Å². The van der Waals surface area contributed by atoms with Crippen molar-refractivity contribution in [1.29, 1.82) is 0 Å². The van der Waals surface area contributed by atoms with E-state index in [2.05, 4.69) is 15.5 Å². The number of aliphatic hydroxyl groups excluding tert-OH is 1. The van der Waals surface area contributed by atoms with E-state index < -0.39 is 6.10 Å². The smallest absolute Gasteiger partial charge is 0.253 e. The zero-order valence-corrected chi connectivity index (χ0v) is 12.4. The highest BCUT2D eigenvalue weighted by molar-refractivity contribution is 5.81. The highest BCUT2D eigenvalue weighted by Gasteiger charge is 2.16. The number of aromatic amines is 1. The molecule has 1 aromatic heterocycles. The summed E-state index contributed by atoms with van der Waals surface area (Å²) in [7, 11) is 0. The molecule has 0 bridgehead atoms. The molecule has 1 aromatic carbocycles. The van der Waals surface area contributed by atoms with Crippen molar-refractivity contribution in [2.45, 2.75) is 32.8 Å². The van der Waals surface area contributed by atoms with Crippen LogP contribution >= 0.6 is 0 Å². The number of nitrogens with zero attached hydrogens (tertiary/aromatic N) is 1. The number of aryl methyl sites for hydroxylation is 2. The highest BCUT2D eigenvalue weighted by Crippen LogP contribution is 2.13. The first-order valence-electron chi connectivity index (χ1n) is 7.10. The second kappa shape index (κ2) is 7.04. The number of rotatable bonds is 6. The number of benzene rings is 1. The Morgan fingerprint density at radius 3 is 2.67 bits per heavy atom. The summed E-state index contributed by atoms with van der Waals surface area (Å²) in [4.78, 5) is 11.9. The van der Waals surface area contributed by atoms with Gasteiger partial charge in [-0.15, -0.1) is 0 Å². The summed E-state index contributed by atoms with van der Waals surface area (Å²) < 4.78 is 0. The lowest BCUT2D eigenvalue weighted by Crippen LogP contribution is -2.30. The van der Waals surface area contributed by atoms with Crippen LogP contribution in [0.3, 0.4) is 0 Å². The Morgan fingerprint density at radius 1 is 1.33 bits per heavy atom. The van der Waals surface area contributed by atoms with Gasteiger partial charge in [-0.3, -0.25) is 9.89 Å². The van der Waals surface area contributed by atoms with E-state index in [-0.39, 0.29) is 5.91 Å². The minimum Gasteiger partial charge on any atom is -0.378 e. The Kier molecular flexibility index (Phi) is 5.11. The van der Waals surface area contributed by atoms with Gasteiger partial charge >= 0.3 is 0 Å². The molecule has 0 saturated heterocycles. The molecule has 3 N–H and O–H groups in total. The number of hydrogen-bond donors (Lipinski definition) is 3. The van der Waals surface area contributed by atoms with Gasteiger partial charge in [0.05, 0.1) is 5.69 Å². The zero-order valence-electron chi connectivity index (χ0n) is 12.4. The number of H-pyrrole nitrogens is 1. The molecule has 0 fully saturated rings. The molecule has 0 radical (unpaired) electrons. The van der Waals surface area contributed by atoms with Crippen LogP contribution in [0.25, 0.3) is 0 Å². The molecule has 2 rings (SSSR count). The first-order valence-corrected chi connectivity index (χ1v) is 7.10. The van der Waals surface area contributed by atoms with Crippen LogP contribution in [-0.4, -0.2) is 27.8 Å². The van der Waals surface area contributed by atoms with Gasteiger partial charge < -0.3 is 10.4 Å². The summed E-state index contributed by atoms with van der Waals surface area (Å²) in [5.74, 6) is -0.359. The fourth-order valence-corrected chi connectivity index (χ4v) is 2.30. The predicted octanol–water partition coefficient (Wildman–Crippen LogP) is 1.81. The Morgan fingerprint density at radius 2 is 2.05 bits per heavy atom. The van der Waals surface area contributed by atoms with Crippen molar-refractivity contribution in [1.82, 2.24) is 15.5 Å². The minimum atomic E-state index is -1.11. The molecule has 112 valence electrons. The third-order valence-electron chi connectivity index (χ3n) is 3.55. The SMILES string of the molecule is Cc1n[nH]c(C)c1CCCNC(=O)[C@H](O)c1ccccc1. The van der Waals surface area contributed by atoms with Gasteiger partial charge in [0.1, 0.15) is 0 Å². The van der Waals surface area contributed by atoms with E-state index in [1.807, 2.05) is 19.9 Å². The second-order valence-electron chi connectivity index (χ2n) is 5.12. The summed E-state index contributed by atoms with van der Waals surface area (Å²) in [5, 5.41) is 19.8. The average molecular weight is 287 g/mol. The van der Waals surface area contributed by atoms with E-state index in [1.165, 1.54) is 5.56 Å². The second-order valence-corrected chi connectivity index (χ2v) is 5.12. The highest BCUT2D eigenvalue weighted by atomic mass is 16.3. The molecule has 21 heavy (non-hydrogen) atoms. The number of aromatic nitrogens is 2. The lowest BCUT2D eigenvalue weighted by Gasteiger charge is -2.11. The topological polar surface area (TPSA) is 78.0 Å².